The summed E-state index contributed by atoms with van der Waals surface area (Å²) >= 11 is 1.72. The molecule has 4 heteroatoms. The summed E-state index contributed by atoms with van der Waals surface area (Å²) in [6, 6.07) is 4.18. The third-order valence-corrected chi connectivity index (χ3v) is 3.73. The molecule has 3 nitrogen and oxygen atoms in total. The minimum absolute atomic E-state index is 0.0555. The van der Waals surface area contributed by atoms with Crippen LogP contribution in [-0.2, 0) is 11.3 Å². The van der Waals surface area contributed by atoms with E-state index in [4.69, 9.17) is 0 Å². The van der Waals surface area contributed by atoms with Crippen molar-refractivity contribution in [2.45, 2.75) is 32.4 Å². The van der Waals surface area contributed by atoms with Crippen LogP contribution in [-0.4, -0.2) is 29.9 Å². The largest absolute Gasteiger partial charge is 0.336 e. The second kappa shape index (κ2) is 5.46. The van der Waals surface area contributed by atoms with Gasteiger partial charge in [0.1, 0.15) is 0 Å². The molecule has 0 spiro atoms. The van der Waals surface area contributed by atoms with Crippen molar-refractivity contribution in [3.63, 3.8) is 0 Å². The lowest BCUT2D eigenvalue weighted by Gasteiger charge is -2.16. The molecule has 1 amide bonds. The number of amides is 1. The van der Waals surface area contributed by atoms with Gasteiger partial charge >= 0.3 is 0 Å². The van der Waals surface area contributed by atoms with E-state index in [1.165, 1.54) is 4.88 Å². The average Bonchev–Trinajstić information content (AvgIpc) is 2.89. The van der Waals surface area contributed by atoms with Gasteiger partial charge in [-0.3, -0.25) is 4.79 Å². The van der Waals surface area contributed by atoms with Crippen molar-refractivity contribution in [2.75, 3.05) is 13.1 Å². The first kappa shape index (κ1) is 11.6. The molecular formula is C12H18N2OS. The molecule has 1 N–H and O–H groups in total. The Labute approximate surface area is 100 Å². The summed E-state index contributed by atoms with van der Waals surface area (Å²) in [6.07, 6.45) is 2.03. The number of hydrogen-bond acceptors (Lipinski definition) is 3. The molecule has 1 aliphatic rings. The number of hydrogen-bond donors (Lipinski definition) is 1. The van der Waals surface area contributed by atoms with E-state index < -0.39 is 0 Å². The van der Waals surface area contributed by atoms with E-state index in [1.54, 1.807) is 11.3 Å². The number of nitrogens with zero attached hydrogens (tertiary/aromatic N) is 1. The molecule has 88 valence electrons. The number of thiophene rings is 1. The Morgan fingerprint density at radius 3 is 3.19 bits per heavy atom. The summed E-state index contributed by atoms with van der Waals surface area (Å²) in [5, 5.41) is 5.36. The van der Waals surface area contributed by atoms with E-state index in [0.29, 0.717) is 0 Å². The van der Waals surface area contributed by atoms with Crippen LogP contribution in [0, 0.1) is 0 Å². The normalized spacial score (nSPS) is 20.7. The van der Waals surface area contributed by atoms with Crippen molar-refractivity contribution in [3.8, 4) is 0 Å². The molecule has 0 aromatic carbocycles. The van der Waals surface area contributed by atoms with Crippen LogP contribution in [0.25, 0.3) is 0 Å². The Kier molecular flexibility index (Phi) is 3.96. The van der Waals surface area contributed by atoms with E-state index in [9.17, 15) is 4.79 Å². The highest BCUT2D eigenvalue weighted by Crippen LogP contribution is 2.17. The quantitative estimate of drug-likeness (QED) is 0.849. The lowest BCUT2D eigenvalue weighted by atomic mass is 10.2. The highest BCUT2D eigenvalue weighted by atomic mass is 32.1. The van der Waals surface area contributed by atoms with Crippen molar-refractivity contribution in [3.05, 3.63) is 22.4 Å². The molecule has 0 bridgehead atoms. The zero-order valence-corrected chi connectivity index (χ0v) is 10.4. The maximum absolute atomic E-state index is 12.0. The predicted molar refractivity (Wildman–Crippen MR) is 66.4 cm³/mol. The summed E-state index contributed by atoms with van der Waals surface area (Å²) in [5.41, 5.74) is 0. The molecule has 2 heterocycles. The summed E-state index contributed by atoms with van der Waals surface area (Å²) in [5.74, 6) is 0.266. The van der Waals surface area contributed by atoms with Crippen LogP contribution in [0.5, 0.6) is 0 Å². The van der Waals surface area contributed by atoms with E-state index in [2.05, 4.69) is 23.7 Å². The standard InChI is InChI=1S/C12H18N2OS/c1-2-6-13-11-5-7-14(12(11)15)9-10-4-3-8-16-10/h3-4,8,11,13H,2,5-7,9H2,1H3. The Hall–Kier alpha value is -0.870. The Balaban J connectivity index is 1.87. The van der Waals surface area contributed by atoms with Crippen molar-refractivity contribution in [1.29, 1.82) is 0 Å². The monoisotopic (exact) mass is 238 g/mol. The first-order valence-electron chi connectivity index (χ1n) is 5.86. The lowest BCUT2D eigenvalue weighted by molar-refractivity contribution is -0.129. The number of carbonyl (C=O) groups excluding carboxylic acids is 1. The zero-order valence-electron chi connectivity index (χ0n) is 9.61. The minimum Gasteiger partial charge on any atom is -0.336 e. The molecular weight excluding hydrogens is 220 g/mol. The Morgan fingerprint density at radius 2 is 2.50 bits per heavy atom. The highest BCUT2D eigenvalue weighted by Gasteiger charge is 2.30. The zero-order chi connectivity index (χ0) is 11.4. The Morgan fingerprint density at radius 1 is 1.62 bits per heavy atom. The van der Waals surface area contributed by atoms with Crippen molar-refractivity contribution in [2.24, 2.45) is 0 Å². The third-order valence-electron chi connectivity index (χ3n) is 2.86. The molecule has 2 rings (SSSR count). The summed E-state index contributed by atoms with van der Waals surface area (Å²) in [7, 11) is 0. The van der Waals surface area contributed by atoms with Gasteiger partial charge in [0.05, 0.1) is 12.6 Å². The second-order valence-corrected chi connectivity index (χ2v) is 5.17. The topological polar surface area (TPSA) is 32.3 Å². The predicted octanol–water partition coefficient (Wildman–Crippen LogP) is 1.85. The van der Waals surface area contributed by atoms with Gasteiger partial charge in [-0.1, -0.05) is 13.0 Å². The molecule has 1 unspecified atom stereocenters. The maximum atomic E-state index is 12.0. The third kappa shape index (κ3) is 2.62. The number of rotatable bonds is 5. The first-order chi connectivity index (χ1) is 7.81. The van der Waals surface area contributed by atoms with Gasteiger partial charge in [-0.15, -0.1) is 11.3 Å². The summed E-state index contributed by atoms with van der Waals surface area (Å²) in [4.78, 5) is 15.2. The molecule has 0 aliphatic carbocycles. The van der Waals surface area contributed by atoms with Gasteiger partial charge in [0.25, 0.3) is 0 Å². The molecule has 1 aromatic rings. The second-order valence-electron chi connectivity index (χ2n) is 4.13. The van der Waals surface area contributed by atoms with E-state index >= 15 is 0 Å². The molecule has 1 aromatic heterocycles. The van der Waals surface area contributed by atoms with Crippen LogP contribution < -0.4 is 5.32 Å². The van der Waals surface area contributed by atoms with Crippen LogP contribution in [0.2, 0.25) is 0 Å². The molecule has 0 radical (unpaired) electrons. The highest BCUT2D eigenvalue weighted by molar-refractivity contribution is 7.09. The fraction of sp³-hybridized carbons (Fsp3) is 0.583. The fourth-order valence-corrected chi connectivity index (χ4v) is 2.71. The minimum atomic E-state index is 0.0555. The average molecular weight is 238 g/mol. The first-order valence-corrected chi connectivity index (χ1v) is 6.73. The van der Waals surface area contributed by atoms with E-state index in [0.717, 1.165) is 32.5 Å². The SMILES string of the molecule is CCCNC1CCN(Cc2cccs2)C1=O. The molecule has 0 saturated carbocycles. The number of nitrogens with one attached hydrogen (secondary N) is 1. The maximum Gasteiger partial charge on any atom is 0.240 e. The number of carbonyl (C=O) groups is 1. The smallest absolute Gasteiger partial charge is 0.240 e. The van der Waals surface area contributed by atoms with Crippen LogP contribution >= 0.6 is 11.3 Å². The van der Waals surface area contributed by atoms with Gasteiger partial charge in [0.15, 0.2) is 0 Å². The fourth-order valence-electron chi connectivity index (χ4n) is 1.99. The van der Waals surface area contributed by atoms with E-state index in [1.807, 2.05) is 11.0 Å². The van der Waals surface area contributed by atoms with Crippen LogP contribution in [0.15, 0.2) is 17.5 Å². The summed E-state index contributed by atoms with van der Waals surface area (Å²) < 4.78 is 0. The summed E-state index contributed by atoms with van der Waals surface area (Å²) in [6.45, 7) is 4.72. The Bertz CT molecular complexity index is 337. The van der Waals surface area contributed by atoms with Crippen molar-refractivity contribution < 1.29 is 4.79 Å². The van der Waals surface area contributed by atoms with Crippen molar-refractivity contribution in [1.82, 2.24) is 10.2 Å². The molecule has 16 heavy (non-hydrogen) atoms. The van der Waals surface area contributed by atoms with Gasteiger partial charge in [-0.25, -0.2) is 0 Å². The van der Waals surface area contributed by atoms with Crippen LogP contribution in [0.3, 0.4) is 0 Å². The van der Waals surface area contributed by atoms with Crippen LogP contribution in [0.1, 0.15) is 24.6 Å². The molecule has 1 fully saturated rings. The number of likely N-dealkylation sites (tertiary alicyclic amines) is 1. The van der Waals surface area contributed by atoms with Gasteiger partial charge < -0.3 is 10.2 Å². The van der Waals surface area contributed by atoms with E-state index in [-0.39, 0.29) is 11.9 Å². The van der Waals surface area contributed by atoms with Crippen LogP contribution in [0.4, 0.5) is 0 Å². The van der Waals surface area contributed by atoms with Crippen molar-refractivity contribution >= 4 is 17.2 Å². The van der Waals surface area contributed by atoms with Gasteiger partial charge in [0.2, 0.25) is 5.91 Å². The van der Waals surface area contributed by atoms with Gasteiger partial charge in [0, 0.05) is 11.4 Å². The van der Waals surface area contributed by atoms with Gasteiger partial charge in [-0.05, 0) is 30.8 Å². The molecule has 1 atom stereocenters. The lowest BCUT2D eigenvalue weighted by Crippen LogP contribution is -2.38. The molecule has 1 saturated heterocycles. The van der Waals surface area contributed by atoms with Gasteiger partial charge in [-0.2, -0.15) is 0 Å². The molecule has 1 aliphatic heterocycles.